The van der Waals surface area contributed by atoms with Crippen molar-refractivity contribution in [2.45, 2.75) is 50.5 Å². The van der Waals surface area contributed by atoms with Crippen LogP contribution in [0.5, 0.6) is 0 Å². The molecule has 0 aliphatic carbocycles. The number of carbonyl (C=O) groups is 2. The summed E-state index contributed by atoms with van der Waals surface area (Å²) < 4.78 is 27.0. The van der Waals surface area contributed by atoms with Crippen LogP contribution in [0.4, 0.5) is 4.79 Å². The summed E-state index contributed by atoms with van der Waals surface area (Å²) in [6.45, 7) is 6.58. The number of sulfonamides is 1. The smallest absolute Gasteiger partial charge is 0.317 e. The van der Waals surface area contributed by atoms with E-state index in [1.807, 2.05) is 18.7 Å². The molecule has 1 aromatic carbocycles. The van der Waals surface area contributed by atoms with Gasteiger partial charge in [0.05, 0.1) is 4.90 Å². The maximum atomic E-state index is 12.8. The zero-order valence-electron chi connectivity index (χ0n) is 18.8. The van der Waals surface area contributed by atoms with Gasteiger partial charge in [0.1, 0.15) is 0 Å². The fraction of sp³-hybridized carbons (Fsp3) is 0.636. The second kappa shape index (κ2) is 10.9. The van der Waals surface area contributed by atoms with Crippen molar-refractivity contribution in [3.63, 3.8) is 0 Å². The van der Waals surface area contributed by atoms with Gasteiger partial charge in [-0.25, -0.2) is 13.2 Å². The van der Waals surface area contributed by atoms with Gasteiger partial charge < -0.3 is 15.1 Å². The van der Waals surface area contributed by atoms with E-state index in [0.717, 1.165) is 25.7 Å². The number of nitrogens with zero attached hydrogens (tertiary/aromatic N) is 3. The molecule has 2 fully saturated rings. The number of hydrogen-bond acceptors (Lipinski definition) is 4. The minimum Gasteiger partial charge on any atom is -0.342 e. The molecule has 8 nitrogen and oxygen atoms in total. The van der Waals surface area contributed by atoms with Crippen molar-refractivity contribution < 1.29 is 18.0 Å². The molecule has 178 valence electrons. The van der Waals surface area contributed by atoms with Crippen molar-refractivity contribution in [2.24, 2.45) is 5.92 Å². The largest absolute Gasteiger partial charge is 0.342 e. The van der Waals surface area contributed by atoms with Crippen LogP contribution in [-0.4, -0.2) is 79.8 Å². The number of amides is 3. The number of halogens is 1. The van der Waals surface area contributed by atoms with Crippen LogP contribution >= 0.6 is 11.6 Å². The third-order valence-corrected chi connectivity index (χ3v) is 8.61. The SMILES string of the molecule is CCC(CC)C(=O)N1CCC(NC(=O)N2CCN(S(=O)(=O)c3ccc(Cl)cc3)CC2)CC1. The Hall–Kier alpha value is -1.84. The van der Waals surface area contributed by atoms with Gasteiger partial charge in [-0.2, -0.15) is 4.31 Å². The highest BCUT2D eigenvalue weighted by Crippen LogP contribution is 2.21. The van der Waals surface area contributed by atoms with Crippen LogP contribution in [0.25, 0.3) is 0 Å². The molecule has 2 aliphatic heterocycles. The van der Waals surface area contributed by atoms with Crippen molar-refractivity contribution in [3.8, 4) is 0 Å². The first-order chi connectivity index (χ1) is 15.3. The van der Waals surface area contributed by atoms with Crippen LogP contribution in [-0.2, 0) is 14.8 Å². The van der Waals surface area contributed by atoms with Crippen molar-refractivity contribution >= 4 is 33.6 Å². The average Bonchev–Trinajstić information content (AvgIpc) is 2.80. The highest BCUT2D eigenvalue weighted by Gasteiger charge is 2.32. The van der Waals surface area contributed by atoms with E-state index < -0.39 is 10.0 Å². The summed E-state index contributed by atoms with van der Waals surface area (Å²) >= 11 is 5.85. The van der Waals surface area contributed by atoms with Crippen LogP contribution in [0, 0.1) is 5.92 Å². The summed E-state index contributed by atoms with van der Waals surface area (Å²) in [7, 11) is -3.60. The molecule has 0 bridgehead atoms. The zero-order valence-corrected chi connectivity index (χ0v) is 20.4. The number of carbonyl (C=O) groups excluding carboxylic acids is 2. The maximum absolute atomic E-state index is 12.8. The average molecular weight is 485 g/mol. The number of piperazine rings is 1. The number of rotatable bonds is 6. The number of likely N-dealkylation sites (tertiary alicyclic amines) is 1. The Labute approximate surface area is 195 Å². The van der Waals surface area contributed by atoms with E-state index in [4.69, 9.17) is 11.6 Å². The molecule has 1 N–H and O–H groups in total. The van der Waals surface area contributed by atoms with Gasteiger partial charge in [0.25, 0.3) is 0 Å². The quantitative estimate of drug-likeness (QED) is 0.672. The van der Waals surface area contributed by atoms with Crippen molar-refractivity contribution in [1.82, 2.24) is 19.4 Å². The highest BCUT2D eigenvalue weighted by atomic mass is 35.5. The van der Waals surface area contributed by atoms with Gasteiger partial charge in [-0.3, -0.25) is 4.79 Å². The molecule has 0 saturated carbocycles. The van der Waals surface area contributed by atoms with Gasteiger partial charge in [-0.15, -0.1) is 0 Å². The third-order valence-electron chi connectivity index (χ3n) is 6.45. The number of benzene rings is 1. The molecular formula is C22H33ClN4O4S. The highest BCUT2D eigenvalue weighted by molar-refractivity contribution is 7.89. The Morgan fingerprint density at radius 1 is 0.969 bits per heavy atom. The van der Waals surface area contributed by atoms with Crippen LogP contribution in [0.3, 0.4) is 0 Å². The molecule has 1 aromatic rings. The number of piperidine rings is 1. The van der Waals surface area contributed by atoms with E-state index in [1.54, 1.807) is 17.0 Å². The zero-order chi connectivity index (χ0) is 23.3. The summed E-state index contributed by atoms with van der Waals surface area (Å²) in [5.41, 5.74) is 0. The second-order valence-corrected chi connectivity index (χ2v) is 10.8. The fourth-order valence-electron chi connectivity index (χ4n) is 4.29. The Morgan fingerprint density at radius 3 is 2.06 bits per heavy atom. The van der Waals surface area contributed by atoms with E-state index in [-0.39, 0.29) is 41.9 Å². The first-order valence-corrected chi connectivity index (χ1v) is 13.2. The van der Waals surface area contributed by atoms with E-state index in [1.165, 1.54) is 16.4 Å². The molecule has 0 atom stereocenters. The monoisotopic (exact) mass is 484 g/mol. The lowest BCUT2D eigenvalue weighted by molar-refractivity contribution is -0.136. The predicted molar refractivity (Wildman–Crippen MR) is 124 cm³/mol. The number of nitrogens with one attached hydrogen (secondary N) is 1. The van der Waals surface area contributed by atoms with Crippen molar-refractivity contribution in [3.05, 3.63) is 29.3 Å². The van der Waals surface area contributed by atoms with Gasteiger partial charge in [-0.1, -0.05) is 25.4 Å². The van der Waals surface area contributed by atoms with Crippen molar-refractivity contribution in [2.75, 3.05) is 39.3 Å². The van der Waals surface area contributed by atoms with Crippen LogP contribution in [0.2, 0.25) is 5.02 Å². The van der Waals surface area contributed by atoms with Gasteiger partial charge in [0.2, 0.25) is 15.9 Å². The lowest BCUT2D eigenvalue weighted by Crippen LogP contribution is -2.56. The topological polar surface area (TPSA) is 90.0 Å². The molecule has 0 radical (unpaired) electrons. The minimum absolute atomic E-state index is 0.0316. The van der Waals surface area contributed by atoms with E-state index in [2.05, 4.69) is 5.32 Å². The number of hydrogen-bond donors (Lipinski definition) is 1. The Bertz CT molecular complexity index is 889. The van der Waals surface area contributed by atoms with Crippen LogP contribution in [0.1, 0.15) is 39.5 Å². The Balaban J connectivity index is 1.46. The number of urea groups is 1. The lowest BCUT2D eigenvalue weighted by atomic mass is 9.98. The van der Waals surface area contributed by atoms with Gasteiger partial charge in [0.15, 0.2) is 0 Å². The van der Waals surface area contributed by atoms with Gasteiger partial charge in [0, 0.05) is 56.3 Å². The standard InChI is InChI=1S/C22H33ClN4O4S/c1-3-17(4-2)21(28)25-11-9-19(10-12-25)24-22(29)26-13-15-27(16-14-26)32(30,31)20-7-5-18(23)6-8-20/h5-8,17,19H,3-4,9-16H2,1-2H3,(H,24,29). The second-order valence-electron chi connectivity index (χ2n) is 8.41. The summed E-state index contributed by atoms with van der Waals surface area (Å²) in [6.07, 6.45) is 3.18. The normalized spacial score (nSPS) is 18.8. The molecule has 0 aromatic heterocycles. The molecule has 3 rings (SSSR count). The summed E-state index contributed by atoms with van der Waals surface area (Å²) in [5, 5.41) is 3.55. The van der Waals surface area contributed by atoms with Gasteiger partial charge in [-0.05, 0) is 49.9 Å². The van der Waals surface area contributed by atoms with E-state index >= 15 is 0 Å². The molecule has 0 unspecified atom stereocenters. The molecule has 2 saturated heterocycles. The Morgan fingerprint density at radius 2 is 1.53 bits per heavy atom. The minimum atomic E-state index is -3.60. The van der Waals surface area contributed by atoms with Crippen molar-refractivity contribution in [1.29, 1.82) is 0 Å². The first-order valence-electron chi connectivity index (χ1n) is 11.4. The fourth-order valence-corrected chi connectivity index (χ4v) is 5.84. The lowest BCUT2D eigenvalue weighted by Gasteiger charge is -2.37. The molecule has 0 spiro atoms. The summed E-state index contributed by atoms with van der Waals surface area (Å²) in [4.78, 5) is 29.0. The van der Waals surface area contributed by atoms with Crippen LogP contribution in [0.15, 0.2) is 29.2 Å². The molecular weight excluding hydrogens is 452 g/mol. The first kappa shape index (κ1) is 24.8. The van der Waals surface area contributed by atoms with Crippen LogP contribution < -0.4 is 5.32 Å². The molecule has 10 heteroatoms. The summed E-state index contributed by atoms with van der Waals surface area (Å²) in [5.74, 6) is 0.305. The molecule has 2 heterocycles. The third kappa shape index (κ3) is 5.74. The molecule has 2 aliphatic rings. The Kier molecular flexibility index (Phi) is 8.41. The summed E-state index contributed by atoms with van der Waals surface area (Å²) in [6, 6.07) is 5.97. The van der Waals surface area contributed by atoms with Gasteiger partial charge >= 0.3 is 6.03 Å². The molecule has 32 heavy (non-hydrogen) atoms. The predicted octanol–water partition coefficient (Wildman–Crippen LogP) is 2.78. The maximum Gasteiger partial charge on any atom is 0.317 e. The molecule has 3 amide bonds. The van der Waals surface area contributed by atoms with E-state index in [9.17, 15) is 18.0 Å². The van der Waals surface area contributed by atoms with E-state index in [0.29, 0.717) is 31.2 Å².